The predicted octanol–water partition coefficient (Wildman–Crippen LogP) is 1.43. The molecule has 0 N–H and O–H groups in total. The van der Waals surface area contributed by atoms with Gasteiger partial charge < -0.3 is 0 Å². The van der Waals surface area contributed by atoms with Gasteiger partial charge in [0.05, 0.1) is 9.82 Å². The summed E-state index contributed by atoms with van der Waals surface area (Å²) in [5, 5.41) is 10.6. The molecule has 0 saturated carbocycles. The number of hydrogen-bond donors (Lipinski definition) is 0. The summed E-state index contributed by atoms with van der Waals surface area (Å²) in [6, 6.07) is 5.99. The minimum absolute atomic E-state index is 0.171. The van der Waals surface area contributed by atoms with E-state index in [4.69, 9.17) is 0 Å². The molecule has 1 radical (unpaired) electrons. The number of hydrogen-bond acceptors (Lipinski definition) is 4. The van der Waals surface area contributed by atoms with E-state index in [2.05, 4.69) is 6.07 Å². The first kappa shape index (κ1) is 13.6. The Hall–Kier alpha value is -1.47. The number of non-ortho nitro benzene ring substituents is 1. The lowest BCUT2D eigenvalue weighted by Crippen LogP contribution is -2.30. The van der Waals surface area contributed by atoms with Crippen molar-refractivity contribution in [2.24, 2.45) is 0 Å². The van der Waals surface area contributed by atoms with Crippen molar-refractivity contribution in [2.45, 2.75) is 18.7 Å². The van der Waals surface area contributed by atoms with Crippen molar-refractivity contribution in [1.82, 2.24) is 4.31 Å². The molecule has 0 aromatic heterocycles. The Morgan fingerprint density at radius 1 is 1.41 bits per heavy atom. The largest absolute Gasteiger partial charge is 0.270 e. The Bertz CT molecular complexity index is 509. The SMILES string of the molecule is CCN(CC)S(=O)(=O)c1[c]ccc([N+](=O)[O-])c1. The van der Waals surface area contributed by atoms with Crippen LogP contribution in [0.5, 0.6) is 0 Å². The Morgan fingerprint density at radius 2 is 2.00 bits per heavy atom. The highest BCUT2D eigenvalue weighted by Crippen LogP contribution is 2.20. The van der Waals surface area contributed by atoms with Crippen LogP contribution in [0.15, 0.2) is 23.1 Å². The molecule has 1 aromatic carbocycles. The molecule has 0 aliphatic heterocycles. The van der Waals surface area contributed by atoms with Crippen molar-refractivity contribution in [3.63, 3.8) is 0 Å². The summed E-state index contributed by atoms with van der Waals surface area (Å²) in [5.41, 5.74) is -0.255. The van der Waals surface area contributed by atoms with E-state index in [1.165, 1.54) is 16.4 Å². The average Bonchev–Trinajstić information content (AvgIpc) is 2.30. The Labute approximate surface area is 100 Å². The maximum atomic E-state index is 12.0. The van der Waals surface area contributed by atoms with E-state index >= 15 is 0 Å². The van der Waals surface area contributed by atoms with Crippen LogP contribution in [0, 0.1) is 16.2 Å². The predicted molar refractivity (Wildman–Crippen MR) is 62.0 cm³/mol. The third-order valence-corrected chi connectivity index (χ3v) is 4.28. The number of nitrogens with zero attached hydrogens (tertiary/aromatic N) is 2. The molecule has 0 heterocycles. The van der Waals surface area contributed by atoms with Gasteiger partial charge in [-0.1, -0.05) is 13.8 Å². The average molecular weight is 257 g/mol. The van der Waals surface area contributed by atoms with Gasteiger partial charge in [-0.25, -0.2) is 8.42 Å². The fourth-order valence-corrected chi connectivity index (χ4v) is 2.84. The van der Waals surface area contributed by atoms with Crippen LogP contribution in [-0.2, 0) is 10.0 Å². The molecule has 1 aromatic rings. The van der Waals surface area contributed by atoms with Gasteiger partial charge in [0.2, 0.25) is 10.0 Å². The molecule has 93 valence electrons. The summed E-state index contributed by atoms with van der Waals surface area (Å²) < 4.78 is 25.3. The van der Waals surface area contributed by atoms with Gasteiger partial charge in [0.25, 0.3) is 5.69 Å². The highest BCUT2D eigenvalue weighted by Gasteiger charge is 2.23. The van der Waals surface area contributed by atoms with Gasteiger partial charge in [0, 0.05) is 31.3 Å². The number of sulfonamides is 1. The molecule has 6 nitrogen and oxygen atoms in total. The van der Waals surface area contributed by atoms with Crippen LogP contribution in [0.3, 0.4) is 0 Å². The van der Waals surface area contributed by atoms with Crippen molar-refractivity contribution >= 4 is 15.7 Å². The molecule has 0 unspecified atom stereocenters. The third-order valence-electron chi connectivity index (χ3n) is 2.29. The minimum atomic E-state index is -3.68. The van der Waals surface area contributed by atoms with E-state index in [9.17, 15) is 18.5 Å². The molecule has 0 aliphatic rings. The zero-order valence-corrected chi connectivity index (χ0v) is 10.4. The summed E-state index contributed by atoms with van der Waals surface area (Å²) >= 11 is 0. The standard InChI is InChI=1S/C10H13N2O4S/c1-3-11(4-2)17(15,16)10-7-5-6-9(8-10)12(13)14/h5-6,8H,3-4H2,1-2H3. The van der Waals surface area contributed by atoms with E-state index in [1.807, 2.05) is 0 Å². The summed E-state index contributed by atoms with van der Waals surface area (Å²) in [6.45, 7) is 4.04. The molecule has 17 heavy (non-hydrogen) atoms. The maximum Gasteiger partial charge on any atom is 0.270 e. The number of rotatable bonds is 5. The van der Waals surface area contributed by atoms with Gasteiger partial charge in [-0.3, -0.25) is 10.1 Å². The summed E-state index contributed by atoms with van der Waals surface area (Å²) in [5.74, 6) is 0. The topological polar surface area (TPSA) is 80.5 Å². The highest BCUT2D eigenvalue weighted by molar-refractivity contribution is 7.89. The van der Waals surface area contributed by atoms with Crippen LogP contribution in [0.25, 0.3) is 0 Å². The summed E-state index contributed by atoms with van der Waals surface area (Å²) in [7, 11) is -3.68. The lowest BCUT2D eigenvalue weighted by atomic mass is 10.3. The van der Waals surface area contributed by atoms with E-state index in [0.29, 0.717) is 13.1 Å². The molecule has 0 atom stereocenters. The van der Waals surface area contributed by atoms with Crippen LogP contribution < -0.4 is 0 Å². The molecular formula is C10H13N2O4S. The van der Waals surface area contributed by atoms with E-state index in [0.717, 1.165) is 6.07 Å². The maximum absolute atomic E-state index is 12.0. The van der Waals surface area contributed by atoms with Crippen molar-refractivity contribution in [1.29, 1.82) is 0 Å². The fraction of sp³-hybridized carbons (Fsp3) is 0.400. The van der Waals surface area contributed by atoms with Gasteiger partial charge in [-0.15, -0.1) is 0 Å². The molecule has 0 bridgehead atoms. The van der Waals surface area contributed by atoms with Gasteiger partial charge in [-0.05, 0) is 6.07 Å². The van der Waals surface area contributed by atoms with Gasteiger partial charge in [0.15, 0.2) is 0 Å². The second kappa shape index (κ2) is 5.24. The first-order chi connectivity index (χ1) is 7.93. The van der Waals surface area contributed by atoms with Crippen molar-refractivity contribution < 1.29 is 13.3 Å². The van der Waals surface area contributed by atoms with Crippen LogP contribution in [0.4, 0.5) is 5.69 Å². The second-order valence-electron chi connectivity index (χ2n) is 3.26. The van der Waals surface area contributed by atoms with Gasteiger partial charge >= 0.3 is 0 Å². The van der Waals surface area contributed by atoms with Crippen molar-refractivity contribution in [2.75, 3.05) is 13.1 Å². The lowest BCUT2D eigenvalue weighted by Gasteiger charge is -2.17. The summed E-state index contributed by atoms with van der Waals surface area (Å²) in [4.78, 5) is 9.77. The third kappa shape index (κ3) is 2.80. The van der Waals surface area contributed by atoms with Crippen molar-refractivity contribution in [3.8, 4) is 0 Å². The van der Waals surface area contributed by atoms with E-state index in [1.54, 1.807) is 13.8 Å². The Morgan fingerprint density at radius 3 is 2.47 bits per heavy atom. The molecule has 7 heteroatoms. The van der Waals surface area contributed by atoms with Crippen molar-refractivity contribution in [3.05, 3.63) is 34.4 Å². The van der Waals surface area contributed by atoms with Crippen LogP contribution >= 0.6 is 0 Å². The second-order valence-corrected chi connectivity index (χ2v) is 5.16. The van der Waals surface area contributed by atoms with E-state index < -0.39 is 14.9 Å². The first-order valence-corrected chi connectivity index (χ1v) is 6.53. The Kier molecular flexibility index (Phi) is 4.19. The molecule has 0 spiro atoms. The van der Waals surface area contributed by atoms with Gasteiger partial charge in [-0.2, -0.15) is 4.31 Å². The van der Waals surface area contributed by atoms with Crippen LogP contribution in [0.2, 0.25) is 0 Å². The highest BCUT2D eigenvalue weighted by atomic mass is 32.2. The zero-order chi connectivity index (χ0) is 13.1. The monoisotopic (exact) mass is 257 g/mol. The van der Waals surface area contributed by atoms with Crippen LogP contribution in [0.1, 0.15) is 13.8 Å². The van der Waals surface area contributed by atoms with E-state index in [-0.39, 0.29) is 10.6 Å². The molecular weight excluding hydrogens is 244 g/mol. The lowest BCUT2D eigenvalue weighted by molar-refractivity contribution is -0.385. The van der Waals surface area contributed by atoms with Crippen LogP contribution in [-0.4, -0.2) is 30.7 Å². The number of nitro groups is 1. The molecule has 0 saturated heterocycles. The minimum Gasteiger partial charge on any atom is -0.258 e. The normalized spacial score (nSPS) is 11.7. The number of nitro benzene ring substituents is 1. The first-order valence-electron chi connectivity index (χ1n) is 5.09. The fourth-order valence-electron chi connectivity index (χ4n) is 1.40. The zero-order valence-electron chi connectivity index (χ0n) is 9.58. The number of benzene rings is 1. The molecule has 0 aliphatic carbocycles. The quantitative estimate of drug-likeness (QED) is 0.590. The summed E-state index contributed by atoms with van der Waals surface area (Å²) in [6.07, 6.45) is 0. The molecule has 0 fully saturated rings. The molecule has 1 rings (SSSR count). The Balaban J connectivity index is 3.24. The van der Waals surface area contributed by atoms with Gasteiger partial charge in [0.1, 0.15) is 0 Å². The molecule has 0 amide bonds. The smallest absolute Gasteiger partial charge is 0.258 e.